The number of sulfone groups is 1. The highest BCUT2D eigenvalue weighted by Crippen LogP contribution is 2.27. The molecular formula is C12H15N3O3S2. The van der Waals surface area contributed by atoms with E-state index in [4.69, 9.17) is 4.74 Å². The molecule has 1 aromatic carbocycles. The number of benzene rings is 1. The second-order valence-corrected chi connectivity index (χ2v) is 7.12. The number of anilines is 1. The fourth-order valence-corrected chi connectivity index (χ4v) is 2.92. The van der Waals surface area contributed by atoms with Crippen LogP contribution in [0.15, 0.2) is 29.2 Å². The summed E-state index contributed by atoms with van der Waals surface area (Å²) < 4.78 is 27.7. The fraction of sp³-hybridized carbons (Fsp3) is 0.333. The molecule has 0 unspecified atom stereocenters. The van der Waals surface area contributed by atoms with Crippen molar-refractivity contribution in [2.24, 2.45) is 0 Å². The van der Waals surface area contributed by atoms with Crippen LogP contribution in [0.5, 0.6) is 0 Å². The molecule has 1 aromatic heterocycles. The van der Waals surface area contributed by atoms with E-state index < -0.39 is 9.84 Å². The standard InChI is InChI=1S/C12H15N3O3S2/c1-18-8-7-13-12-15-14-11(19-12)9-3-5-10(6-4-9)20(2,16)17/h3-6H,7-8H2,1-2H3,(H,13,15). The van der Waals surface area contributed by atoms with Crippen molar-refractivity contribution in [3.8, 4) is 10.6 Å². The number of methoxy groups -OCH3 is 1. The van der Waals surface area contributed by atoms with E-state index in [0.29, 0.717) is 23.2 Å². The van der Waals surface area contributed by atoms with Gasteiger partial charge in [-0.15, -0.1) is 10.2 Å². The van der Waals surface area contributed by atoms with E-state index in [1.807, 2.05) is 0 Å². The van der Waals surface area contributed by atoms with Crippen LogP contribution < -0.4 is 5.32 Å². The molecule has 1 N–H and O–H groups in total. The normalized spacial score (nSPS) is 11.5. The van der Waals surface area contributed by atoms with E-state index in [2.05, 4.69) is 15.5 Å². The molecule has 108 valence electrons. The minimum Gasteiger partial charge on any atom is -0.383 e. The maximum atomic E-state index is 11.4. The highest BCUT2D eigenvalue weighted by molar-refractivity contribution is 7.90. The third kappa shape index (κ3) is 3.75. The fourth-order valence-electron chi connectivity index (χ4n) is 1.52. The van der Waals surface area contributed by atoms with Gasteiger partial charge in [-0.2, -0.15) is 0 Å². The Labute approximate surface area is 121 Å². The summed E-state index contributed by atoms with van der Waals surface area (Å²) in [4.78, 5) is 0.296. The number of hydrogen-bond donors (Lipinski definition) is 1. The van der Waals surface area contributed by atoms with E-state index in [-0.39, 0.29) is 0 Å². The highest BCUT2D eigenvalue weighted by atomic mass is 32.2. The van der Waals surface area contributed by atoms with Gasteiger partial charge in [-0.25, -0.2) is 8.42 Å². The lowest BCUT2D eigenvalue weighted by atomic mass is 10.2. The lowest BCUT2D eigenvalue weighted by Crippen LogP contribution is -2.06. The Hall–Kier alpha value is -1.51. The summed E-state index contributed by atoms with van der Waals surface area (Å²) in [5, 5.41) is 12.6. The number of aromatic nitrogens is 2. The Bertz CT molecular complexity index is 666. The van der Waals surface area contributed by atoms with Crippen molar-refractivity contribution in [1.82, 2.24) is 10.2 Å². The monoisotopic (exact) mass is 313 g/mol. The summed E-state index contributed by atoms with van der Waals surface area (Å²) in [6.07, 6.45) is 1.19. The zero-order valence-electron chi connectivity index (χ0n) is 11.2. The molecule has 0 aliphatic heterocycles. The average molecular weight is 313 g/mol. The van der Waals surface area contributed by atoms with Gasteiger partial charge in [0.05, 0.1) is 11.5 Å². The third-order valence-electron chi connectivity index (χ3n) is 2.54. The molecule has 1 heterocycles. The van der Waals surface area contributed by atoms with Gasteiger partial charge < -0.3 is 10.1 Å². The summed E-state index contributed by atoms with van der Waals surface area (Å²) in [5.74, 6) is 0. The molecule has 0 aliphatic carbocycles. The summed E-state index contributed by atoms with van der Waals surface area (Å²) in [7, 11) is -1.53. The number of hydrogen-bond acceptors (Lipinski definition) is 7. The van der Waals surface area contributed by atoms with Crippen molar-refractivity contribution in [2.45, 2.75) is 4.90 Å². The van der Waals surface area contributed by atoms with Crippen LogP contribution >= 0.6 is 11.3 Å². The molecule has 6 nitrogen and oxygen atoms in total. The van der Waals surface area contributed by atoms with Crippen molar-refractivity contribution in [3.05, 3.63) is 24.3 Å². The minimum atomic E-state index is -3.17. The molecule has 2 aromatic rings. The topological polar surface area (TPSA) is 81.2 Å². The predicted octanol–water partition coefficient (Wildman–Crippen LogP) is 1.67. The number of nitrogens with one attached hydrogen (secondary N) is 1. The summed E-state index contributed by atoms with van der Waals surface area (Å²) in [6.45, 7) is 1.26. The van der Waals surface area contributed by atoms with Crippen molar-refractivity contribution in [2.75, 3.05) is 31.8 Å². The molecule has 20 heavy (non-hydrogen) atoms. The van der Waals surface area contributed by atoms with Crippen molar-refractivity contribution in [1.29, 1.82) is 0 Å². The molecule has 8 heteroatoms. The van der Waals surface area contributed by atoms with Gasteiger partial charge >= 0.3 is 0 Å². The van der Waals surface area contributed by atoms with Crippen LogP contribution in [0, 0.1) is 0 Å². The Morgan fingerprint density at radius 1 is 1.25 bits per heavy atom. The molecule has 0 saturated carbocycles. The van der Waals surface area contributed by atoms with Crippen LogP contribution in [-0.2, 0) is 14.6 Å². The van der Waals surface area contributed by atoms with E-state index in [1.165, 1.54) is 17.6 Å². The Balaban J connectivity index is 2.12. The zero-order valence-corrected chi connectivity index (χ0v) is 12.8. The molecular weight excluding hydrogens is 298 g/mol. The van der Waals surface area contributed by atoms with Gasteiger partial charge in [-0.1, -0.05) is 23.5 Å². The number of ether oxygens (including phenoxy) is 1. The Kier molecular flexibility index (Phi) is 4.69. The Morgan fingerprint density at radius 2 is 1.95 bits per heavy atom. The zero-order chi connectivity index (χ0) is 14.6. The van der Waals surface area contributed by atoms with Crippen molar-refractivity contribution >= 4 is 26.3 Å². The lowest BCUT2D eigenvalue weighted by Gasteiger charge is -2.00. The van der Waals surface area contributed by atoms with E-state index in [0.717, 1.165) is 10.6 Å². The second-order valence-electron chi connectivity index (χ2n) is 4.13. The van der Waals surface area contributed by atoms with E-state index in [9.17, 15) is 8.42 Å². The molecule has 0 radical (unpaired) electrons. The maximum Gasteiger partial charge on any atom is 0.206 e. The van der Waals surface area contributed by atoms with Crippen LogP contribution in [-0.4, -0.2) is 45.1 Å². The minimum absolute atomic E-state index is 0.296. The largest absolute Gasteiger partial charge is 0.383 e. The molecule has 0 fully saturated rings. The van der Waals surface area contributed by atoms with Crippen LogP contribution in [0.4, 0.5) is 5.13 Å². The predicted molar refractivity (Wildman–Crippen MR) is 78.8 cm³/mol. The van der Waals surface area contributed by atoms with Gasteiger partial charge in [-0.3, -0.25) is 0 Å². The van der Waals surface area contributed by atoms with Gasteiger partial charge in [0.15, 0.2) is 9.84 Å². The molecule has 0 bridgehead atoms. The van der Waals surface area contributed by atoms with Crippen molar-refractivity contribution < 1.29 is 13.2 Å². The van der Waals surface area contributed by atoms with Crippen LogP contribution in [0.25, 0.3) is 10.6 Å². The van der Waals surface area contributed by atoms with Crippen LogP contribution in [0.3, 0.4) is 0 Å². The smallest absolute Gasteiger partial charge is 0.206 e. The quantitative estimate of drug-likeness (QED) is 0.817. The van der Waals surface area contributed by atoms with Crippen LogP contribution in [0.2, 0.25) is 0 Å². The molecule has 2 rings (SSSR count). The Morgan fingerprint density at radius 3 is 2.55 bits per heavy atom. The SMILES string of the molecule is COCCNc1nnc(-c2ccc(S(C)(=O)=O)cc2)s1. The summed E-state index contributed by atoms with van der Waals surface area (Å²) >= 11 is 1.41. The highest BCUT2D eigenvalue weighted by Gasteiger charge is 2.09. The molecule has 0 amide bonds. The molecule has 0 atom stereocenters. The number of nitrogens with zero attached hydrogens (tertiary/aromatic N) is 2. The van der Waals surface area contributed by atoms with E-state index in [1.54, 1.807) is 31.4 Å². The first-order valence-electron chi connectivity index (χ1n) is 5.87. The second kappa shape index (κ2) is 6.29. The van der Waals surface area contributed by atoms with Crippen molar-refractivity contribution in [3.63, 3.8) is 0 Å². The summed E-state index contributed by atoms with van der Waals surface area (Å²) in [6, 6.07) is 6.61. The summed E-state index contributed by atoms with van der Waals surface area (Å²) in [5.41, 5.74) is 0.842. The van der Waals surface area contributed by atoms with Crippen LogP contribution in [0.1, 0.15) is 0 Å². The van der Waals surface area contributed by atoms with Gasteiger partial charge in [0.2, 0.25) is 5.13 Å². The molecule has 0 saturated heterocycles. The van der Waals surface area contributed by atoms with Gasteiger partial charge in [-0.05, 0) is 12.1 Å². The first kappa shape index (κ1) is 14.9. The lowest BCUT2D eigenvalue weighted by molar-refractivity contribution is 0.211. The van der Waals surface area contributed by atoms with Gasteiger partial charge in [0.1, 0.15) is 5.01 Å². The maximum absolute atomic E-state index is 11.4. The average Bonchev–Trinajstić information content (AvgIpc) is 2.87. The number of rotatable bonds is 6. The first-order valence-corrected chi connectivity index (χ1v) is 8.58. The third-order valence-corrected chi connectivity index (χ3v) is 4.60. The molecule has 0 spiro atoms. The van der Waals surface area contributed by atoms with Gasteiger partial charge in [0.25, 0.3) is 0 Å². The molecule has 0 aliphatic rings. The van der Waals surface area contributed by atoms with Gasteiger partial charge in [0, 0.05) is 25.5 Å². The first-order chi connectivity index (χ1) is 9.50. The van der Waals surface area contributed by atoms with E-state index >= 15 is 0 Å².